The van der Waals surface area contributed by atoms with Gasteiger partial charge in [0.15, 0.2) is 0 Å². The molecule has 1 fully saturated rings. The predicted octanol–water partition coefficient (Wildman–Crippen LogP) is 1.69. The summed E-state index contributed by atoms with van der Waals surface area (Å²) in [5, 5.41) is 3.39. The predicted molar refractivity (Wildman–Crippen MR) is 65.5 cm³/mol. The van der Waals surface area contributed by atoms with Crippen LogP contribution in [0.2, 0.25) is 0 Å². The summed E-state index contributed by atoms with van der Waals surface area (Å²) in [5.74, 6) is 0.899. The molecule has 0 aliphatic heterocycles. The third kappa shape index (κ3) is 1.93. The van der Waals surface area contributed by atoms with Gasteiger partial charge in [-0.2, -0.15) is 0 Å². The van der Waals surface area contributed by atoms with E-state index in [-0.39, 0.29) is 5.41 Å². The van der Waals surface area contributed by atoms with Crippen molar-refractivity contribution in [1.29, 1.82) is 0 Å². The average molecular weight is 220 g/mol. The summed E-state index contributed by atoms with van der Waals surface area (Å²) in [5.41, 5.74) is 7.45. The van der Waals surface area contributed by atoms with E-state index in [1.165, 1.54) is 18.4 Å². The number of hydrogen-bond donors (Lipinski definition) is 2. The van der Waals surface area contributed by atoms with Crippen molar-refractivity contribution in [3.8, 4) is 5.75 Å². The van der Waals surface area contributed by atoms with Crippen LogP contribution in [0.1, 0.15) is 24.4 Å². The summed E-state index contributed by atoms with van der Waals surface area (Å²) < 4.78 is 5.17. The summed E-state index contributed by atoms with van der Waals surface area (Å²) >= 11 is 0. The van der Waals surface area contributed by atoms with Crippen LogP contribution in [0.3, 0.4) is 0 Å². The number of benzene rings is 1. The highest BCUT2D eigenvalue weighted by Crippen LogP contribution is 2.53. The SMILES string of the molecule is CNC(c1ccc(OC)cc1)C1(CN)CC1. The highest BCUT2D eigenvalue weighted by molar-refractivity contribution is 5.31. The van der Waals surface area contributed by atoms with E-state index in [1.807, 2.05) is 19.2 Å². The van der Waals surface area contributed by atoms with Gasteiger partial charge in [-0.1, -0.05) is 12.1 Å². The van der Waals surface area contributed by atoms with Gasteiger partial charge in [0, 0.05) is 11.5 Å². The third-order valence-corrected chi connectivity index (χ3v) is 3.65. The lowest BCUT2D eigenvalue weighted by molar-refractivity contribution is 0.365. The second-order valence-electron chi connectivity index (χ2n) is 4.56. The van der Waals surface area contributed by atoms with E-state index in [0.717, 1.165) is 12.3 Å². The van der Waals surface area contributed by atoms with Gasteiger partial charge in [0.25, 0.3) is 0 Å². The van der Waals surface area contributed by atoms with E-state index in [4.69, 9.17) is 10.5 Å². The molecule has 0 saturated heterocycles. The molecule has 1 aromatic carbocycles. The smallest absolute Gasteiger partial charge is 0.118 e. The summed E-state index contributed by atoms with van der Waals surface area (Å²) in [7, 11) is 3.69. The molecule has 1 aliphatic carbocycles. The monoisotopic (exact) mass is 220 g/mol. The fourth-order valence-electron chi connectivity index (χ4n) is 2.39. The van der Waals surface area contributed by atoms with Gasteiger partial charge in [-0.3, -0.25) is 0 Å². The maximum absolute atomic E-state index is 5.87. The topological polar surface area (TPSA) is 47.3 Å². The first-order valence-corrected chi connectivity index (χ1v) is 5.77. The summed E-state index contributed by atoms with van der Waals surface area (Å²) in [6.07, 6.45) is 2.45. The molecule has 1 atom stereocenters. The Bertz CT molecular complexity index is 343. The Morgan fingerprint density at radius 1 is 1.38 bits per heavy atom. The number of nitrogens with two attached hydrogens (primary N) is 1. The molecule has 1 saturated carbocycles. The fourth-order valence-corrected chi connectivity index (χ4v) is 2.39. The summed E-state index contributed by atoms with van der Waals surface area (Å²) in [4.78, 5) is 0. The molecule has 0 radical (unpaired) electrons. The third-order valence-electron chi connectivity index (χ3n) is 3.65. The normalized spacial score (nSPS) is 19.2. The van der Waals surface area contributed by atoms with Gasteiger partial charge in [0.2, 0.25) is 0 Å². The van der Waals surface area contributed by atoms with Crippen LogP contribution in [-0.2, 0) is 0 Å². The Labute approximate surface area is 97.0 Å². The molecule has 1 aliphatic rings. The second-order valence-corrected chi connectivity index (χ2v) is 4.56. The molecule has 0 heterocycles. The molecule has 0 bridgehead atoms. The van der Waals surface area contributed by atoms with Crippen LogP contribution in [0.25, 0.3) is 0 Å². The molecular weight excluding hydrogens is 200 g/mol. The van der Waals surface area contributed by atoms with Gasteiger partial charge in [-0.15, -0.1) is 0 Å². The molecule has 88 valence electrons. The quantitative estimate of drug-likeness (QED) is 0.794. The second kappa shape index (κ2) is 4.44. The minimum atomic E-state index is 0.281. The highest BCUT2D eigenvalue weighted by Gasteiger charge is 2.48. The standard InChI is InChI=1S/C13H20N2O/c1-15-12(13(9-14)7-8-13)10-3-5-11(16-2)6-4-10/h3-6,12,15H,7-9,14H2,1-2H3. The number of nitrogens with one attached hydrogen (secondary N) is 1. The van der Waals surface area contributed by atoms with E-state index in [0.29, 0.717) is 6.04 Å². The number of rotatable bonds is 5. The minimum absolute atomic E-state index is 0.281. The van der Waals surface area contributed by atoms with Crippen LogP contribution in [0.15, 0.2) is 24.3 Å². The maximum atomic E-state index is 5.87. The van der Waals surface area contributed by atoms with Crippen molar-refractivity contribution >= 4 is 0 Å². The molecule has 3 N–H and O–H groups in total. The molecule has 3 heteroatoms. The van der Waals surface area contributed by atoms with Gasteiger partial charge in [0.05, 0.1) is 7.11 Å². The molecule has 16 heavy (non-hydrogen) atoms. The number of methoxy groups -OCH3 is 1. The van der Waals surface area contributed by atoms with Gasteiger partial charge < -0.3 is 15.8 Å². The zero-order chi connectivity index (χ0) is 11.6. The number of ether oxygens (including phenoxy) is 1. The maximum Gasteiger partial charge on any atom is 0.118 e. The van der Waals surface area contributed by atoms with Crippen LogP contribution in [0, 0.1) is 5.41 Å². The van der Waals surface area contributed by atoms with E-state index in [9.17, 15) is 0 Å². The average Bonchev–Trinajstić information content (AvgIpc) is 3.12. The van der Waals surface area contributed by atoms with Crippen molar-refractivity contribution in [3.05, 3.63) is 29.8 Å². The molecule has 0 spiro atoms. The Morgan fingerprint density at radius 2 is 2.00 bits per heavy atom. The van der Waals surface area contributed by atoms with E-state index >= 15 is 0 Å². The van der Waals surface area contributed by atoms with Crippen LogP contribution in [0.5, 0.6) is 5.75 Å². The van der Waals surface area contributed by atoms with Gasteiger partial charge in [-0.25, -0.2) is 0 Å². The Kier molecular flexibility index (Phi) is 3.17. The largest absolute Gasteiger partial charge is 0.497 e. The molecule has 0 amide bonds. The van der Waals surface area contributed by atoms with Crippen molar-refractivity contribution < 1.29 is 4.74 Å². The molecule has 1 unspecified atom stereocenters. The lowest BCUT2D eigenvalue weighted by Gasteiger charge is -2.26. The van der Waals surface area contributed by atoms with Crippen LogP contribution >= 0.6 is 0 Å². The first-order valence-electron chi connectivity index (χ1n) is 5.77. The Hall–Kier alpha value is -1.06. The summed E-state index contributed by atoms with van der Waals surface area (Å²) in [6.45, 7) is 0.754. The minimum Gasteiger partial charge on any atom is -0.497 e. The van der Waals surface area contributed by atoms with Crippen molar-refractivity contribution in [2.24, 2.45) is 11.1 Å². The van der Waals surface area contributed by atoms with Crippen molar-refractivity contribution in [1.82, 2.24) is 5.32 Å². The van der Waals surface area contributed by atoms with E-state index in [2.05, 4.69) is 17.4 Å². The van der Waals surface area contributed by atoms with E-state index in [1.54, 1.807) is 7.11 Å². The molecular formula is C13H20N2O. The Balaban J connectivity index is 2.20. The van der Waals surface area contributed by atoms with Crippen molar-refractivity contribution in [2.45, 2.75) is 18.9 Å². The zero-order valence-electron chi connectivity index (χ0n) is 9.99. The zero-order valence-corrected chi connectivity index (χ0v) is 9.99. The molecule has 0 aromatic heterocycles. The van der Waals surface area contributed by atoms with Crippen molar-refractivity contribution in [3.63, 3.8) is 0 Å². The van der Waals surface area contributed by atoms with Gasteiger partial charge in [-0.05, 0) is 44.1 Å². The Morgan fingerprint density at radius 3 is 2.38 bits per heavy atom. The van der Waals surface area contributed by atoms with Gasteiger partial charge in [0.1, 0.15) is 5.75 Å². The van der Waals surface area contributed by atoms with Gasteiger partial charge >= 0.3 is 0 Å². The lowest BCUT2D eigenvalue weighted by atomic mass is 9.90. The summed E-state index contributed by atoms with van der Waals surface area (Å²) in [6, 6.07) is 8.62. The molecule has 3 nitrogen and oxygen atoms in total. The molecule has 2 rings (SSSR count). The van der Waals surface area contributed by atoms with Crippen LogP contribution in [0.4, 0.5) is 0 Å². The highest BCUT2D eigenvalue weighted by atomic mass is 16.5. The van der Waals surface area contributed by atoms with E-state index < -0.39 is 0 Å². The first-order chi connectivity index (χ1) is 7.75. The van der Waals surface area contributed by atoms with Crippen LogP contribution in [-0.4, -0.2) is 20.7 Å². The lowest BCUT2D eigenvalue weighted by Crippen LogP contribution is -2.32. The molecule has 1 aromatic rings. The first kappa shape index (κ1) is 11.4. The van der Waals surface area contributed by atoms with Crippen molar-refractivity contribution in [2.75, 3.05) is 20.7 Å². The fraction of sp³-hybridized carbons (Fsp3) is 0.538. The van der Waals surface area contributed by atoms with Crippen LogP contribution < -0.4 is 15.8 Å². The number of hydrogen-bond acceptors (Lipinski definition) is 3.